The fraction of sp³-hybridized carbons (Fsp3) is 0.429. The summed E-state index contributed by atoms with van der Waals surface area (Å²) in [6.45, 7) is 3.70. The number of nitrogens with one attached hydrogen (secondary N) is 2. The van der Waals surface area contributed by atoms with E-state index in [2.05, 4.69) is 25.7 Å². The Morgan fingerprint density at radius 3 is 2.62 bits per heavy atom. The smallest absolute Gasteiger partial charge is 0.303 e. The molecule has 12 heteroatoms. The number of aromatic nitrogens is 4. The lowest BCUT2D eigenvalue weighted by Gasteiger charge is -2.28. The number of ether oxygens (including phenoxy) is 2. The standard InChI is InChI=1S/C28H33FN6O5/c1-17-10-21(12-24(32-17)28(38)30-13-20-6-9-23(29)25(11-20)39-3)27-31-16-35(34-27)14-19-4-7-22(8-5-19)33-26(37)15-40-18(2)36/h6,9-12,16,19,22H,4-5,7-8,13-15H2,1-3H3,(H,30,38)(H,33,37). The van der Waals surface area contributed by atoms with Crippen molar-refractivity contribution in [2.75, 3.05) is 13.7 Å². The molecule has 1 fully saturated rings. The van der Waals surface area contributed by atoms with Crippen LogP contribution in [0.5, 0.6) is 5.75 Å². The molecular formula is C28H33FN6O5. The number of rotatable bonds is 10. The number of benzene rings is 1. The summed E-state index contributed by atoms with van der Waals surface area (Å²) in [5, 5.41) is 10.3. The van der Waals surface area contributed by atoms with E-state index < -0.39 is 11.8 Å². The highest BCUT2D eigenvalue weighted by Gasteiger charge is 2.23. The maximum atomic E-state index is 13.7. The lowest BCUT2D eigenvalue weighted by molar-refractivity contribution is -0.146. The van der Waals surface area contributed by atoms with Crippen molar-refractivity contribution in [3.05, 3.63) is 59.4 Å². The summed E-state index contributed by atoms with van der Waals surface area (Å²) in [7, 11) is 1.39. The second kappa shape index (κ2) is 13.1. The normalized spacial score (nSPS) is 16.7. The Morgan fingerprint density at radius 1 is 1.12 bits per heavy atom. The average molecular weight is 553 g/mol. The number of carbonyl (C=O) groups is 3. The van der Waals surface area contributed by atoms with Crippen LogP contribution in [0.15, 0.2) is 36.7 Å². The van der Waals surface area contributed by atoms with Gasteiger partial charge in [-0.15, -0.1) is 0 Å². The zero-order valence-electron chi connectivity index (χ0n) is 22.8. The maximum Gasteiger partial charge on any atom is 0.303 e. The third kappa shape index (κ3) is 7.84. The molecule has 0 saturated heterocycles. The van der Waals surface area contributed by atoms with Crippen LogP contribution in [0.4, 0.5) is 4.39 Å². The molecule has 1 aliphatic carbocycles. The van der Waals surface area contributed by atoms with Crippen molar-refractivity contribution < 1.29 is 28.2 Å². The number of aryl methyl sites for hydroxylation is 1. The Kier molecular flexibility index (Phi) is 9.41. The zero-order chi connectivity index (χ0) is 28.6. The van der Waals surface area contributed by atoms with E-state index in [0.717, 1.165) is 25.7 Å². The first-order valence-electron chi connectivity index (χ1n) is 13.1. The van der Waals surface area contributed by atoms with E-state index in [-0.39, 0.29) is 42.5 Å². The van der Waals surface area contributed by atoms with Crippen LogP contribution in [0.2, 0.25) is 0 Å². The summed E-state index contributed by atoms with van der Waals surface area (Å²) in [5.74, 6) is -0.601. The van der Waals surface area contributed by atoms with Crippen LogP contribution < -0.4 is 15.4 Å². The highest BCUT2D eigenvalue weighted by Crippen LogP contribution is 2.26. The summed E-state index contributed by atoms with van der Waals surface area (Å²) in [6.07, 6.45) is 5.20. The number of nitrogens with zero attached hydrogens (tertiary/aromatic N) is 4. The summed E-state index contributed by atoms with van der Waals surface area (Å²) in [6, 6.07) is 7.96. The average Bonchev–Trinajstić information content (AvgIpc) is 3.40. The Morgan fingerprint density at radius 2 is 1.90 bits per heavy atom. The van der Waals surface area contributed by atoms with Crippen LogP contribution in [0.25, 0.3) is 11.4 Å². The molecule has 2 aromatic heterocycles. The van der Waals surface area contributed by atoms with Gasteiger partial charge in [0, 0.05) is 37.3 Å². The SMILES string of the molecule is COc1cc(CNC(=O)c2cc(-c3ncn(CC4CCC(NC(=O)COC(C)=O)CC4)n3)cc(C)n2)ccc1F. The highest BCUT2D eigenvalue weighted by atomic mass is 19.1. The molecule has 0 radical (unpaired) electrons. The summed E-state index contributed by atoms with van der Waals surface area (Å²) >= 11 is 0. The molecule has 4 rings (SSSR count). The molecule has 0 bridgehead atoms. The molecule has 212 valence electrons. The van der Waals surface area contributed by atoms with Crippen LogP contribution in [-0.2, 0) is 27.4 Å². The van der Waals surface area contributed by atoms with Crippen molar-refractivity contribution in [1.82, 2.24) is 30.4 Å². The Labute approximate surface area is 231 Å². The van der Waals surface area contributed by atoms with Crippen LogP contribution >= 0.6 is 0 Å². The molecule has 2 N–H and O–H groups in total. The van der Waals surface area contributed by atoms with Crippen molar-refractivity contribution in [1.29, 1.82) is 0 Å². The third-order valence-electron chi connectivity index (χ3n) is 6.71. The van der Waals surface area contributed by atoms with Gasteiger partial charge < -0.3 is 20.1 Å². The van der Waals surface area contributed by atoms with Gasteiger partial charge in [0.2, 0.25) is 0 Å². The van der Waals surface area contributed by atoms with E-state index in [1.54, 1.807) is 30.1 Å². The fourth-order valence-electron chi connectivity index (χ4n) is 4.71. The first kappa shape index (κ1) is 28.7. The van der Waals surface area contributed by atoms with Crippen molar-refractivity contribution in [3.63, 3.8) is 0 Å². The van der Waals surface area contributed by atoms with Gasteiger partial charge in [-0.05, 0) is 68.4 Å². The van der Waals surface area contributed by atoms with Gasteiger partial charge in [0.25, 0.3) is 11.8 Å². The van der Waals surface area contributed by atoms with Crippen LogP contribution in [0.1, 0.15) is 54.4 Å². The van der Waals surface area contributed by atoms with E-state index in [1.807, 2.05) is 6.07 Å². The van der Waals surface area contributed by atoms with Crippen LogP contribution in [-0.4, -0.2) is 57.3 Å². The first-order valence-corrected chi connectivity index (χ1v) is 13.1. The summed E-state index contributed by atoms with van der Waals surface area (Å²) in [5.41, 5.74) is 2.25. The number of carbonyl (C=O) groups excluding carboxylic acids is 3. The molecule has 0 unspecified atom stereocenters. The molecule has 3 aromatic rings. The van der Waals surface area contributed by atoms with Crippen LogP contribution in [0, 0.1) is 18.7 Å². The van der Waals surface area contributed by atoms with Gasteiger partial charge in [-0.3, -0.25) is 19.1 Å². The Hall–Kier alpha value is -4.35. The number of methoxy groups -OCH3 is 1. The molecule has 1 aliphatic rings. The molecule has 0 atom stereocenters. The van der Waals surface area contributed by atoms with Gasteiger partial charge in [0.15, 0.2) is 24.0 Å². The van der Waals surface area contributed by atoms with Crippen molar-refractivity contribution in [2.24, 2.45) is 5.92 Å². The second-order valence-corrected chi connectivity index (χ2v) is 9.89. The number of hydrogen-bond donors (Lipinski definition) is 2. The molecule has 0 aliphatic heterocycles. The number of amides is 2. The molecule has 1 saturated carbocycles. The Bertz CT molecular complexity index is 1370. The molecule has 11 nitrogen and oxygen atoms in total. The van der Waals surface area contributed by atoms with Gasteiger partial charge in [-0.25, -0.2) is 14.4 Å². The third-order valence-corrected chi connectivity index (χ3v) is 6.71. The molecule has 0 spiro atoms. The van der Waals surface area contributed by atoms with E-state index >= 15 is 0 Å². The summed E-state index contributed by atoms with van der Waals surface area (Å²) in [4.78, 5) is 44.4. The van der Waals surface area contributed by atoms with Gasteiger partial charge in [0.05, 0.1) is 7.11 Å². The Balaban J connectivity index is 1.31. The van der Waals surface area contributed by atoms with E-state index in [1.165, 1.54) is 26.2 Å². The second-order valence-electron chi connectivity index (χ2n) is 9.89. The van der Waals surface area contributed by atoms with Crippen molar-refractivity contribution in [3.8, 4) is 17.1 Å². The predicted molar refractivity (Wildman–Crippen MR) is 143 cm³/mol. The summed E-state index contributed by atoms with van der Waals surface area (Å²) < 4.78 is 25.2. The quantitative estimate of drug-likeness (QED) is 0.366. The molecule has 2 heterocycles. The minimum Gasteiger partial charge on any atom is -0.494 e. The largest absolute Gasteiger partial charge is 0.494 e. The molecular weight excluding hydrogens is 519 g/mol. The lowest BCUT2D eigenvalue weighted by atomic mass is 9.86. The van der Waals surface area contributed by atoms with E-state index in [0.29, 0.717) is 35.1 Å². The first-order chi connectivity index (χ1) is 19.2. The van der Waals surface area contributed by atoms with Gasteiger partial charge in [-0.1, -0.05) is 6.07 Å². The predicted octanol–water partition coefficient (Wildman–Crippen LogP) is 2.96. The number of pyridine rings is 1. The minimum absolute atomic E-state index is 0.0695. The molecule has 40 heavy (non-hydrogen) atoms. The molecule has 1 aromatic carbocycles. The molecule has 2 amide bonds. The van der Waals surface area contributed by atoms with Gasteiger partial charge in [0.1, 0.15) is 12.0 Å². The topological polar surface area (TPSA) is 137 Å². The monoisotopic (exact) mass is 552 g/mol. The van der Waals surface area contributed by atoms with Gasteiger partial charge in [-0.2, -0.15) is 5.10 Å². The van der Waals surface area contributed by atoms with Gasteiger partial charge >= 0.3 is 5.97 Å². The lowest BCUT2D eigenvalue weighted by Crippen LogP contribution is -2.40. The zero-order valence-corrected chi connectivity index (χ0v) is 22.8. The fourth-order valence-corrected chi connectivity index (χ4v) is 4.71. The van der Waals surface area contributed by atoms with Crippen molar-refractivity contribution in [2.45, 2.75) is 58.7 Å². The minimum atomic E-state index is -0.476. The number of hydrogen-bond acceptors (Lipinski definition) is 8. The highest BCUT2D eigenvalue weighted by molar-refractivity contribution is 5.93. The maximum absolute atomic E-state index is 13.7. The van der Waals surface area contributed by atoms with E-state index in [9.17, 15) is 18.8 Å². The number of halogens is 1. The number of esters is 1. The van der Waals surface area contributed by atoms with Crippen LogP contribution in [0.3, 0.4) is 0 Å². The van der Waals surface area contributed by atoms with Crippen molar-refractivity contribution >= 4 is 17.8 Å². The van der Waals surface area contributed by atoms with E-state index in [4.69, 9.17) is 9.47 Å².